The number of thiophene rings is 1. The molecule has 1 aliphatic heterocycles. The molecule has 29 heavy (non-hydrogen) atoms. The van der Waals surface area contributed by atoms with Crippen LogP contribution in [0.2, 0.25) is 0 Å². The highest BCUT2D eigenvalue weighted by molar-refractivity contribution is 7.15. The van der Waals surface area contributed by atoms with E-state index >= 15 is 0 Å². The zero-order chi connectivity index (χ0) is 20.0. The normalized spacial score (nSPS) is 17.7. The van der Waals surface area contributed by atoms with Crippen molar-refractivity contribution in [2.45, 2.75) is 45.2 Å². The van der Waals surface area contributed by atoms with Crippen molar-refractivity contribution in [3.05, 3.63) is 64.3 Å². The number of nitrogens with zero attached hydrogens (tertiary/aromatic N) is 2. The summed E-state index contributed by atoms with van der Waals surface area (Å²) in [7, 11) is 1.64. The summed E-state index contributed by atoms with van der Waals surface area (Å²) in [5.41, 5.74) is 4.74. The van der Waals surface area contributed by atoms with Gasteiger partial charge in [0.05, 0.1) is 19.7 Å². The first-order chi connectivity index (χ1) is 14.2. The van der Waals surface area contributed by atoms with E-state index in [1.165, 1.54) is 33.8 Å². The Balaban J connectivity index is 1.50. The van der Waals surface area contributed by atoms with Crippen molar-refractivity contribution >= 4 is 23.1 Å². The average molecular weight is 408 g/mol. The molecule has 2 aromatic heterocycles. The van der Waals surface area contributed by atoms with Gasteiger partial charge in [0.1, 0.15) is 10.8 Å². The zero-order valence-corrected chi connectivity index (χ0v) is 17.6. The number of amides is 2. The predicted octanol–water partition coefficient (Wildman–Crippen LogP) is 5.53. The fourth-order valence-electron chi connectivity index (χ4n) is 4.48. The third-order valence-corrected chi connectivity index (χ3v) is 7.42. The van der Waals surface area contributed by atoms with Gasteiger partial charge < -0.3 is 19.5 Å². The summed E-state index contributed by atoms with van der Waals surface area (Å²) in [6, 6.07) is 11.6. The van der Waals surface area contributed by atoms with Gasteiger partial charge in [-0.2, -0.15) is 0 Å². The summed E-state index contributed by atoms with van der Waals surface area (Å²) in [5, 5.41) is 4.37. The molecule has 0 bridgehead atoms. The number of hydrogen-bond acceptors (Lipinski definition) is 3. The Hall–Kier alpha value is -2.73. The molecule has 0 saturated heterocycles. The highest BCUT2D eigenvalue weighted by Gasteiger charge is 2.32. The minimum Gasteiger partial charge on any atom is -0.497 e. The Kier molecular flexibility index (Phi) is 4.59. The SMILES string of the molecule is COc1ccc(NC(=O)N2Cc3c(sc4c3CCCC4)-n3cccc3[C@@H]2C)cc1. The van der Waals surface area contributed by atoms with Crippen LogP contribution in [-0.4, -0.2) is 22.6 Å². The monoisotopic (exact) mass is 407 g/mol. The number of benzene rings is 1. The number of carbonyl (C=O) groups excluding carboxylic acids is 1. The maximum Gasteiger partial charge on any atom is 0.322 e. The molecule has 1 atom stereocenters. The molecule has 1 aromatic carbocycles. The summed E-state index contributed by atoms with van der Waals surface area (Å²) in [5.74, 6) is 0.776. The first-order valence-electron chi connectivity index (χ1n) is 10.2. The van der Waals surface area contributed by atoms with Crippen LogP contribution in [0.25, 0.3) is 5.00 Å². The third-order valence-electron chi connectivity index (χ3n) is 6.08. The molecule has 3 heterocycles. The van der Waals surface area contributed by atoms with Crippen molar-refractivity contribution in [2.75, 3.05) is 12.4 Å². The van der Waals surface area contributed by atoms with Crippen LogP contribution in [0.4, 0.5) is 10.5 Å². The zero-order valence-electron chi connectivity index (χ0n) is 16.8. The van der Waals surface area contributed by atoms with Crippen molar-refractivity contribution in [3.8, 4) is 10.8 Å². The lowest BCUT2D eigenvalue weighted by molar-refractivity contribution is 0.189. The number of hydrogen-bond donors (Lipinski definition) is 1. The van der Waals surface area contributed by atoms with Crippen LogP contribution in [0.3, 0.4) is 0 Å². The molecule has 3 aromatic rings. The quantitative estimate of drug-likeness (QED) is 0.607. The molecule has 5 nitrogen and oxygen atoms in total. The Bertz CT molecular complexity index is 1050. The number of methoxy groups -OCH3 is 1. The van der Waals surface area contributed by atoms with Crippen molar-refractivity contribution in [3.63, 3.8) is 0 Å². The Morgan fingerprint density at radius 2 is 1.93 bits per heavy atom. The van der Waals surface area contributed by atoms with Gasteiger partial charge in [-0.3, -0.25) is 0 Å². The molecule has 0 fully saturated rings. The van der Waals surface area contributed by atoms with Gasteiger partial charge in [-0.05, 0) is 74.6 Å². The number of nitrogens with one attached hydrogen (secondary N) is 1. The van der Waals surface area contributed by atoms with E-state index < -0.39 is 0 Å². The number of aryl methyl sites for hydroxylation is 1. The van der Waals surface area contributed by atoms with Gasteiger partial charge in [0, 0.05) is 28.0 Å². The summed E-state index contributed by atoms with van der Waals surface area (Å²) in [6.07, 6.45) is 6.93. The van der Waals surface area contributed by atoms with Crippen LogP contribution in [0.15, 0.2) is 42.6 Å². The van der Waals surface area contributed by atoms with E-state index in [9.17, 15) is 4.79 Å². The van der Waals surface area contributed by atoms with Gasteiger partial charge in [-0.15, -0.1) is 11.3 Å². The van der Waals surface area contributed by atoms with Crippen LogP contribution in [0.1, 0.15) is 47.5 Å². The lowest BCUT2D eigenvalue weighted by Crippen LogP contribution is -2.36. The number of ether oxygens (including phenoxy) is 1. The minimum absolute atomic E-state index is 0.0120. The fraction of sp³-hybridized carbons (Fsp3) is 0.348. The van der Waals surface area contributed by atoms with Crippen LogP contribution >= 0.6 is 11.3 Å². The number of fused-ring (bicyclic) bond motifs is 5. The Morgan fingerprint density at radius 1 is 1.14 bits per heavy atom. The van der Waals surface area contributed by atoms with Gasteiger partial charge in [0.2, 0.25) is 0 Å². The fourth-order valence-corrected chi connectivity index (χ4v) is 5.88. The van der Waals surface area contributed by atoms with Crippen LogP contribution < -0.4 is 10.1 Å². The van der Waals surface area contributed by atoms with E-state index in [-0.39, 0.29) is 12.1 Å². The Morgan fingerprint density at radius 3 is 2.72 bits per heavy atom. The maximum absolute atomic E-state index is 13.3. The minimum atomic E-state index is -0.0703. The van der Waals surface area contributed by atoms with Gasteiger partial charge in [-0.25, -0.2) is 4.79 Å². The van der Waals surface area contributed by atoms with E-state index in [0.717, 1.165) is 30.0 Å². The molecular formula is C23H25N3O2S. The lowest BCUT2D eigenvalue weighted by atomic mass is 9.95. The van der Waals surface area contributed by atoms with Crippen molar-refractivity contribution in [1.82, 2.24) is 9.47 Å². The molecular weight excluding hydrogens is 382 g/mol. The highest BCUT2D eigenvalue weighted by atomic mass is 32.1. The van der Waals surface area contributed by atoms with Gasteiger partial charge in [-0.1, -0.05) is 0 Å². The maximum atomic E-state index is 13.3. The average Bonchev–Trinajstić information content (AvgIpc) is 3.34. The van der Waals surface area contributed by atoms with E-state index in [1.54, 1.807) is 7.11 Å². The number of anilines is 1. The molecule has 1 N–H and O–H groups in total. The molecule has 2 amide bonds. The number of aromatic nitrogens is 1. The van der Waals surface area contributed by atoms with Crippen LogP contribution in [-0.2, 0) is 19.4 Å². The predicted molar refractivity (Wildman–Crippen MR) is 116 cm³/mol. The molecule has 0 unspecified atom stereocenters. The highest BCUT2D eigenvalue weighted by Crippen LogP contribution is 2.42. The van der Waals surface area contributed by atoms with E-state index in [4.69, 9.17) is 4.74 Å². The van der Waals surface area contributed by atoms with Gasteiger partial charge in [0.15, 0.2) is 0 Å². The van der Waals surface area contributed by atoms with E-state index in [1.807, 2.05) is 40.5 Å². The van der Waals surface area contributed by atoms with Crippen molar-refractivity contribution in [1.29, 1.82) is 0 Å². The molecule has 0 spiro atoms. The molecule has 0 saturated carbocycles. The van der Waals surface area contributed by atoms with Crippen LogP contribution in [0.5, 0.6) is 5.75 Å². The third kappa shape index (κ3) is 3.12. The molecule has 150 valence electrons. The van der Waals surface area contributed by atoms with Gasteiger partial charge >= 0.3 is 6.03 Å². The summed E-state index contributed by atoms with van der Waals surface area (Å²) < 4.78 is 7.51. The van der Waals surface area contributed by atoms with Gasteiger partial charge in [0.25, 0.3) is 0 Å². The molecule has 2 aliphatic rings. The number of rotatable bonds is 2. The molecule has 5 rings (SSSR count). The second-order valence-electron chi connectivity index (χ2n) is 7.76. The second-order valence-corrected chi connectivity index (χ2v) is 8.84. The summed E-state index contributed by atoms with van der Waals surface area (Å²) in [6.45, 7) is 2.76. The van der Waals surface area contributed by atoms with Crippen molar-refractivity contribution < 1.29 is 9.53 Å². The van der Waals surface area contributed by atoms with E-state index in [2.05, 4.69) is 35.1 Å². The summed E-state index contributed by atoms with van der Waals surface area (Å²) in [4.78, 5) is 16.8. The number of urea groups is 1. The first-order valence-corrected chi connectivity index (χ1v) is 11.0. The molecule has 1 aliphatic carbocycles. The van der Waals surface area contributed by atoms with Crippen molar-refractivity contribution in [2.24, 2.45) is 0 Å². The standard InChI is InChI=1S/C23H25N3O2S/c1-15-20-7-5-13-25(20)22-19(18-6-3-4-8-21(18)29-22)14-26(15)23(27)24-16-9-11-17(28-2)12-10-16/h5,7,9-13,15H,3-4,6,8,14H2,1-2H3,(H,24,27)/t15-/m0/s1. The topological polar surface area (TPSA) is 46.5 Å². The number of carbonyl (C=O) groups is 1. The first kappa shape index (κ1) is 18.3. The Labute approximate surface area is 174 Å². The summed E-state index contributed by atoms with van der Waals surface area (Å²) >= 11 is 1.91. The largest absolute Gasteiger partial charge is 0.497 e. The molecule has 6 heteroatoms. The van der Waals surface area contributed by atoms with Crippen LogP contribution in [0, 0.1) is 0 Å². The molecule has 0 radical (unpaired) electrons. The second kappa shape index (κ2) is 7.26. The smallest absolute Gasteiger partial charge is 0.322 e. The van der Waals surface area contributed by atoms with E-state index in [0.29, 0.717) is 6.54 Å². The lowest BCUT2D eigenvalue weighted by Gasteiger charge is -2.28.